The molecule has 31 nitrogen and oxygen atoms in total. The summed E-state index contributed by atoms with van der Waals surface area (Å²) in [6.45, 7) is 0.973. The predicted octanol–water partition coefficient (Wildman–Crippen LogP) is 2.06. The maximum Gasteiger partial charge on any atom is 0.303 e. The van der Waals surface area contributed by atoms with E-state index in [1.54, 1.807) is 91.0 Å². The third-order valence-corrected chi connectivity index (χ3v) is 14.6. The lowest BCUT2D eigenvalue weighted by atomic mass is 10.1. The molecule has 31 heteroatoms. The summed E-state index contributed by atoms with van der Waals surface area (Å²) in [5.74, 6) is -5.68. The van der Waals surface area contributed by atoms with Crippen LogP contribution in [0.2, 0.25) is 0 Å². The first kappa shape index (κ1) is 57.7. The highest BCUT2D eigenvalue weighted by Crippen LogP contribution is 2.42. The number of imidazole rings is 3. The van der Waals surface area contributed by atoms with Crippen molar-refractivity contribution in [3.05, 3.63) is 146 Å². The monoisotopic (exact) mass is 1190 g/mol. The lowest BCUT2D eigenvalue weighted by Crippen LogP contribution is -2.49. The summed E-state index contributed by atoms with van der Waals surface area (Å²) in [6, 6.07) is 25.2. The van der Waals surface area contributed by atoms with Gasteiger partial charge < -0.3 is 69.2 Å². The van der Waals surface area contributed by atoms with Gasteiger partial charge in [-0.3, -0.25) is 37.7 Å². The van der Waals surface area contributed by atoms with Gasteiger partial charge in [0.1, 0.15) is 68.0 Å². The van der Waals surface area contributed by atoms with Crippen LogP contribution in [-0.2, 0) is 53.4 Å². The molecule has 0 spiro atoms. The molecule has 6 aromatic heterocycles. The third-order valence-electron chi connectivity index (χ3n) is 14.6. The van der Waals surface area contributed by atoms with Crippen LogP contribution in [-0.4, -0.2) is 185 Å². The van der Waals surface area contributed by atoms with Gasteiger partial charge in [-0.25, -0.2) is 44.9 Å². The van der Waals surface area contributed by atoms with E-state index in [4.69, 9.17) is 37.9 Å². The number of aliphatic hydroxyl groups is 3. The molecule has 3 amide bonds. The van der Waals surface area contributed by atoms with Crippen LogP contribution in [0.5, 0.6) is 0 Å². The standard InChI is InChI=1S/C56H53N15O16/c1-28(72)83-43-41(81-20-33-39(74)40(75)54(85-33)69-25-63-36-45(57-22-60-48(36)69)66-51(76)30-13-7-4-8-14-30)34(86-55(43)70-26-64-37-46(58-23-61-49(37)70)67-52(77)31-15-9-5-10-16-31)21-82-42-35(19-80-3)87-56(79,44(42)84-29(2)73)71-27-65-38-47(59-24-62-50(38)71)68-53(78)32-17-11-6-12-18-32/h4-18,22-27,33-35,39-44,54-55,74-75,79H,19-21H2,1-3H3,(H,57,60,66,76)(H,58,61,67,77)(H,59,62,68,78)/t33-,34-,35-,39+,40-,41+,42+,43-,44-,54-,55-,56+/m1/s1. The van der Waals surface area contributed by atoms with Gasteiger partial charge >= 0.3 is 11.9 Å². The van der Waals surface area contributed by atoms with Gasteiger partial charge in [-0.15, -0.1) is 0 Å². The first-order chi connectivity index (χ1) is 42.2. The van der Waals surface area contributed by atoms with Crippen LogP contribution in [0, 0.1) is 0 Å². The van der Waals surface area contributed by atoms with E-state index in [0.717, 1.165) is 31.1 Å². The molecule has 0 aliphatic carbocycles. The van der Waals surface area contributed by atoms with E-state index in [9.17, 15) is 39.3 Å². The van der Waals surface area contributed by atoms with E-state index in [2.05, 4.69) is 60.8 Å². The maximum atomic E-state index is 13.4. The van der Waals surface area contributed by atoms with Crippen molar-refractivity contribution in [2.45, 2.75) is 87.2 Å². The highest BCUT2D eigenvalue weighted by molar-refractivity contribution is 6.08. The Balaban J connectivity index is 0.853. The first-order valence-electron chi connectivity index (χ1n) is 27.0. The average molecular weight is 1190 g/mol. The Hall–Kier alpha value is -9.70. The zero-order chi connectivity index (χ0) is 60.5. The molecule has 0 unspecified atom stereocenters. The summed E-state index contributed by atoms with van der Waals surface area (Å²) in [5, 5.41) is 44.2. The maximum absolute atomic E-state index is 13.4. The average Bonchev–Trinajstić information content (AvgIpc) is 1.79. The third kappa shape index (κ3) is 11.3. The predicted molar refractivity (Wildman–Crippen MR) is 297 cm³/mol. The van der Waals surface area contributed by atoms with Gasteiger partial charge in [0.15, 0.2) is 69.5 Å². The van der Waals surface area contributed by atoms with Crippen molar-refractivity contribution in [1.29, 1.82) is 0 Å². The molecule has 3 saturated heterocycles. The SMILES string of the molecule is COC[C@H]1O[C@](O)(n2cnc3c(NC(=O)c4ccccc4)ncnc32)[C@H](OC(C)=O)[C@H]1OC[C@H]1O[C@@H](n2cnc3c(NC(=O)c4ccccc4)ncnc32)[C@H](OC(C)=O)[C@H]1OC[C@H]1O[C@@H](n2cnc3c(NC(=O)c4ccccc4)ncnc32)[C@H](O)[C@H]1O. The van der Waals surface area contributed by atoms with Crippen molar-refractivity contribution in [3.8, 4) is 0 Å². The first-order valence-corrected chi connectivity index (χ1v) is 27.0. The number of aromatic nitrogens is 12. The number of nitrogens with one attached hydrogen (secondary N) is 3. The minimum Gasteiger partial charge on any atom is -0.455 e. The molecule has 3 aliphatic heterocycles. The number of amides is 3. The fourth-order valence-electron chi connectivity index (χ4n) is 10.6. The number of anilines is 3. The number of esters is 2. The normalized spacial score (nSPS) is 25.2. The zero-order valence-corrected chi connectivity index (χ0v) is 46.1. The van der Waals surface area contributed by atoms with Crippen molar-refractivity contribution in [2.24, 2.45) is 0 Å². The van der Waals surface area contributed by atoms with Crippen LogP contribution in [0.4, 0.5) is 17.5 Å². The Bertz CT molecular complexity index is 4010. The molecule has 448 valence electrons. The van der Waals surface area contributed by atoms with Crippen molar-refractivity contribution >= 4 is 80.6 Å². The smallest absolute Gasteiger partial charge is 0.303 e. The summed E-state index contributed by atoms with van der Waals surface area (Å²) in [6.07, 6.45) is -8.40. The van der Waals surface area contributed by atoms with Crippen LogP contribution in [0.15, 0.2) is 129 Å². The number of carbonyl (C=O) groups is 5. The van der Waals surface area contributed by atoms with Crippen molar-refractivity contribution in [2.75, 3.05) is 42.9 Å². The number of nitrogens with zero attached hydrogens (tertiary/aromatic N) is 12. The molecule has 0 radical (unpaired) electrons. The van der Waals surface area contributed by atoms with Crippen molar-refractivity contribution < 1.29 is 77.2 Å². The second-order valence-corrected chi connectivity index (χ2v) is 20.1. The highest BCUT2D eigenvalue weighted by Gasteiger charge is 2.61. The minimum absolute atomic E-state index is 0.0172. The number of rotatable bonds is 19. The molecule has 9 aromatic rings. The van der Waals surface area contributed by atoms with Crippen LogP contribution in [0.3, 0.4) is 0 Å². The molecule has 0 bridgehead atoms. The van der Waals surface area contributed by atoms with Crippen LogP contribution in [0.1, 0.15) is 57.4 Å². The van der Waals surface area contributed by atoms with Gasteiger partial charge in [0.25, 0.3) is 23.6 Å². The second kappa shape index (κ2) is 24.3. The second-order valence-electron chi connectivity index (χ2n) is 20.1. The zero-order valence-electron chi connectivity index (χ0n) is 46.1. The Morgan fingerprint density at radius 3 is 1.47 bits per heavy atom. The van der Waals surface area contributed by atoms with Gasteiger partial charge in [-0.2, -0.15) is 0 Å². The molecule has 3 aliphatic rings. The number of hydrogen-bond donors (Lipinski definition) is 6. The lowest BCUT2D eigenvalue weighted by molar-refractivity contribution is -0.290. The molecular weight excluding hydrogens is 1140 g/mol. The van der Waals surface area contributed by atoms with Gasteiger partial charge in [-0.05, 0) is 36.4 Å². The Labute approximate surface area is 490 Å². The molecule has 9 heterocycles. The van der Waals surface area contributed by atoms with E-state index in [0.29, 0.717) is 16.7 Å². The van der Waals surface area contributed by atoms with Crippen LogP contribution in [0.25, 0.3) is 33.5 Å². The van der Waals surface area contributed by atoms with E-state index < -0.39 is 116 Å². The van der Waals surface area contributed by atoms with Gasteiger partial charge in [0.2, 0.25) is 6.10 Å². The summed E-state index contributed by atoms with van der Waals surface area (Å²) in [5.41, 5.74) is 1.50. The van der Waals surface area contributed by atoms with Gasteiger partial charge in [0.05, 0.1) is 32.5 Å². The molecular formula is C56H53N15O16. The van der Waals surface area contributed by atoms with E-state index >= 15 is 0 Å². The van der Waals surface area contributed by atoms with E-state index in [1.807, 2.05) is 0 Å². The number of carbonyl (C=O) groups excluding carboxylic acids is 5. The largest absolute Gasteiger partial charge is 0.455 e. The summed E-state index contributed by atoms with van der Waals surface area (Å²) in [7, 11) is 1.36. The van der Waals surface area contributed by atoms with E-state index in [1.165, 1.54) is 41.6 Å². The van der Waals surface area contributed by atoms with Crippen molar-refractivity contribution in [1.82, 2.24) is 58.6 Å². The fraction of sp³-hybridized carbons (Fsp3) is 0.321. The van der Waals surface area contributed by atoms with Crippen LogP contribution < -0.4 is 16.0 Å². The Kier molecular flexibility index (Phi) is 16.2. The fourth-order valence-corrected chi connectivity index (χ4v) is 10.6. The number of ether oxygens (including phenoxy) is 8. The molecule has 12 rings (SSSR count). The number of hydrogen-bond acceptors (Lipinski definition) is 25. The summed E-state index contributed by atoms with van der Waals surface area (Å²) >= 11 is 0. The topological polar surface area (TPSA) is 387 Å². The quantitative estimate of drug-likeness (QED) is 0.0631. The van der Waals surface area contributed by atoms with Crippen molar-refractivity contribution in [3.63, 3.8) is 0 Å². The Morgan fingerprint density at radius 2 is 0.966 bits per heavy atom. The number of benzene rings is 3. The molecule has 87 heavy (non-hydrogen) atoms. The lowest BCUT2D eigenvalue weighted by Gasteiger charge is -2.31. The number of fused-ring (bicyclic) bond motifs is 3. The molecule has 3 aromatic carbocycles. The van der Waals surface area contributed by atoms with E-state index in [-0.39, 0.29) is 57.6 Å². The van der Waals surface area contributed by atoms with Crippen LogP contribution >= 0.6 is 0 Å². The van der Waals surface area contributed by atoms with Gasteiger partial charge in [0, 0.05) is 37.6 Å². The van der Waals surface area contributed by atoms with Gasteiger partial charge in [-0.1, -0.05) is 54.6 Å². The number of methoxy groups -OCH3 is 1. The molecule has 12 atom stereocenters. The summed E-state index contributed by atoms with van der Waals surface area (Å²) in [4.78, 5) is 105. The highest BCUT2D eigenvalue weighted by atomic mass is 16.7. The molecule has 6 N–H and O–H groups in total. The molecule has 3 fully saturated rings. The summed E-state index contributed by atoms with van der Waals surface area (Å²) < 4.78 is 53.9. The molecule has 0 saturated carbocycles. The number of aliphatic hydroxyl groups excluding tert-OH is 2. The minimum atomic E-state index is -2.64. The Morgan fingerprint density at radius 1 is 0.517 bits per heavy atom.